The zero-order chi connectivity index (χ0) is 95.6. The van der Waals surface area contributed by atoms with Gasteiger partial charge in [0.25, 0.3) is 0 Å². The molecule has 2 aliphatic carbocycles. The maximum atomic E-state index is 11.7. The van der Waals surface area contributed by atoms with Crippen molar-refractivity contribution in [3.8, 4) is 89.4 Å². The van der Waals surface area contributed by atoms with Crippen LogP contribution in [-0.2, 0) is 85.5 Å². The fourth-order valence-electron chi connectivity index (χ4n) is 17.6. The number of nitrogens with zero attached hydrogens (tertiary/aromatic N) is 3. The first-order valence-electron chi connectivity index (χ1n) is 47.7. The maximum Gasteiger partial charge on any atom is 0.162 e. The molecule has 3 N–H and O–H groups in total. The summed E-state index contributed by atoms with van der Waals surface area (Å²) >= 11 is 0. The summed E-state index contributed by atoms with van der Waals surface area (Å²) in [6.07, 6.45) is 11.0. The van der Waals surface area contributed by atoms with E-state index in [-0.39, 0.29) is 141 Å². The van der Waals surface area contributed by atoms with Crippen molar-refractivity contribution in [1.82, 2.24) is 15.0 Å². The van der Waals surface area contributed by atoms with Gasteiger partial charge in [-0.25, -0.2) is 0 Å². The number of fused-ring (bicyclic) bond motifs is 9. The van der Waals surface area contributed by atoms with Crippen molar-refractivity contribution in [2.75, 3.05) is 0 Å². The van der Waals surface area contributed by atoms with E-state index in [1.165, 1.54) is 140 Å². The van der Waals surface area contributed by atoms with Crippen molar-refractivity contribution in [3.05, 3.63) is 351 Å². The molecule has 12 heteroatoms. The molecule has 4 atom stereocenters. The molecule has 135 heavy (non-hydrogen) atoms. The van der Waals surface area contributed by atoms with Crippen LogP contribution in [0.5, 0.6) is 0 Å². The van der Waals surface area contributed by atoms with Gasteiger partial charge in [0.05, 0.1) is 33.8 Å². The zero-order valence-electron chi connectivity index (χ0n) is 83.3. The van der Waals surface area contributed by atoms with Gasteiger partial charge >= 0.3 is 0 Å². The number of aryl methyl sites for hydroxylation is 7. The second-order valence-electron chi connectivity index (χ2n) is 37.4. The quantitative estimate of drug-likeness (QED) is 0.0323. The average Bonchev–Trinajstić information content (AvgIpc) is 1.58. The summed E-state index contributed by atoms with van der Waals surface area (Å²) in [6.45, 7) is 47.7. The van der Waals surface area contributed by atoms with Gasteiger partial charge in [0.2, 0.25) is 0 Å². The molecule has 0 aliphatic heterocycles. The first-order valence-corrected chi connectivity index (χ1v) is 47.7. The average molecular weight is 2330 g/mol. The smallest absolute Gasteiger partial charge is 0.162 e. The van der Waals surface area contributed by atoms with Gasteiger partial charge in [-0.1, -0.05) is 320 Å². The normalized spacial score (nSPS) is 13.4. The number of benzene rings is 11. The summed E-state index contributed by atoms with van der Waals surface area (Å²) in [5.74, 6) is 1.26. The van der Waals surface area contributed by atoms with Crippen LogP contribution in [0, 0.1) is 102 Å². The summed E-state index contributed by atoms with van der Waals surface area (Å²) in [4.78, 5) is 49.7. The number of aliphatic hydroxyl groups is 3. The minimum atomic E-state index is -0.0483. The Morgan fingerprint density at radius 1 is 0.311 bits per heavy atom. The molecule has 4 unspecified atom stereocenters. The topological polar surface area (TPSA) is 151 Å². The number of hydrogen-bond donors (Lipinski definition) is 3. The number of para-hydroxylation sites is 1. The van der Waals surface area contributed by atoms with Crippen molar-refractivity contribution in [2.24, 2.45) is 35.5 Å². The van der Waals surface area contributed by atoms with Gasteiger partial charge in [-0.05, 0) is 191 Å². The van der Waals surface area contributed by atoms with E-state index in [0.717, 1.165) is 113 Å². The molecule has 11 aromatic carbocycles. The first-order chi connectivity index (χ1) is 63.1. The maximum absolute atomic E-state index is 11.7. The van der Waals surface area contributed by atoms with Gasteiger partial charge in [-0.15, -0.1) is 105 Å². The van der Waals surface area contributed by atoms with Crippen molar-refractivity contribution >= 4 is 50.1 Å². The van der Waals surface area contributed by atoms with Gasteiger partial charge < -0.3 is 15.3 Å². The Morgan fingerprint density at radius 2 is 0.696 bits per heavy atom. The fourth-order valence-corrected chi connectivity index (χ4v) is 17.6. The van der Waals surface area contributed by atoms with E-state index in [1.807, 2.05) is 95.2 Å². The van der Waals surface area contributed by atoms with E-state index in [9.17, 15) is 29.7 Å². The van der Waals surface area contributed by atoms with Crippen LogP contribution in [0.25, 0.3) is 122 Å². The zero-order valence-corrected chi connectivity index (χ0v) is 90.5. The summed E-state index contributed by atoms with van der Waals surface area (Å²) < 4.78 is 0. The molecule has 9 nitrogen and oxygen atoms in total. The standard InChI is InChI=1S/C33H28N.C31H24N.C24H20N.C13H24O2.2C11H20O2.3Ir/c1-20-9-8-10-23(14-20)26-18-31(24-15-21(2)13-22(3)16-24)34-32-19-30-27(17-28(26)32)25-11-6-7-12-29(25)33(30,4)5;1-20-10-9-13-22(16-20)29-18-24(21-11-5-4-6-12-21)26-17-25-23-14-7-8-15-27(23)31(2,3)28(25)19-30(26)32-29;1-16-8-10-19(11-9-16)22-15-24(20-13-17(2)12-18(3)14-20)25-23-7-5-4-6-21(22)23;1-5-10(6-2)12(14)9-13(15)11(7-3)8-4;2*1-5-8(3)10(12)7-11(13)9(4)6-2;;;/h6-15,17-19H,1-5H3;4-12,14-19H,1-3H3;4-13,15H,1-3H3;9-11,14H,5-8H2,1-4H3;2*7-9,12H,5-6H2,1-4H3;;;/q3*-1;;;;;;. The Bertz CT molecular complexity index is 6460. The van der Waals surface area contributed by atoms with Crippen LogP contribution in [-0.4, -0.2) is 47.6 Å². The molecule has 0 fully saturated rings. The summed E-state index contributed by atoms with van der Waals surface area (Å²) in [5.41, 5.74) is 35.7. The Hall–Kier alpha value is -10.8. The minimum absolute atomic E-state index is 0. The molecular formula is C123H136Ir3N3O6-3. The molecule has 16 rings (SSSR count). The Morgan fingerprint density at radius 3 is 1.14 bits per heavy atom. The van der Waals surface area contributed by atoms with E-state index < -0.39 is 0 Å². The van der Waals surface area contributed by atoms with E-state index in [1.54, 1.807) is 0 Å². The third-order valence-electron chi connectivity index (χ3n) is 26.7. The summed E-state index contributed by atoms with van der Waals surface area (Å²) in [5, 5.41) is 32.3. The molecule has 3 aromatic heterocycles. The summed E-state index contributed by atoms with van der Waals surface area (Å²) in [6, 6.07) is 95.4. The van der Waals surface area contributed by atoms with Gasteiger partial charge in [-0.2, -0.15) is 0 Å². The van der Waals surface area contributed by atoms with Gasteiger partial charge in [0.15, 0.2) is 17.3 Å². The minimum Gasteiger partial charge on any atom is -0.512 e. The number of carbonyl (C=O) groups is 3. The Kier molecular flexibility index (Phi) is 40.4. The number of aromatic nitrogens is 3. The predicted octanol–water partition coefficient (Wildman–Crippen LogP) is 32.9. The van der Waals surface area contributed by atoms with Crippen LogP contribution < -0.4 is 0 Å². The third-order valence-corrected chi connectivity index (χ3v) is 26.7. The van der Waals surface area contributed by atoms with Gasteiger partial charge in [-0.3, -0.25) is 29.3 Å². The molecule has 0 saturated heterocycles. The van der Waals surface area contributed by atoms with Crippen molar-refractivity contribution in [1.29, 1.82) is 0 Å². The van der Waals surface area contributed by atoms with Crippen LogP contribution >= 0.6 is 0 Å². The Labute approximate surface area is 845 Å². The van der Waals surface area contributed by atoms with Crippen LogP contribution in [0.2, 0.25) is 0 Å². The fraction of sp³-hybridized carbons (Fsp3) is 0.317. The molecule has 0 bridgehead atoms. The molecule has 709 valence electrons. The van der Waals surface area contributed by atoms with E-state index in [0.29, 0.717) is 0 Å². The first kappa shape index (κ1) is 110. The number of aliphatic hydroxyl groups excluding tert-OH is 3. The van der Waals surface area contributed by atoms with Crippen molar-refractivity contribution in [2.45, 2.75) is 221 Å². The molecule has 0 amide bonds. The third kappa shape index (κ3) is 26.7. The number of rotatable bonds is 23. The number of pyridine rings is 3. The molecule has 0 spiro atoms. The summed E-state index contributed by atoms with van der Waals surface area (Å²) in [7, 11) is 0. The number of hydrogen-bond acceptors (Lipinski definition) is 9. The van der Waals surface area contributed by atoms with Crippen LogP contribution in [0.4, 0.5) is 0 Å². The van der Waals surface area contributed by atoms with Gasteiger partial charge in [0, 0.05) is 141 Å². The number of carbonyl (C=O) groups excluding carboxylic acids is 3. The van der Waals surface area contributed by atoms with E-state index >= 15 is 0 Å². The molecule has 0 saturated carbocycles. The molecular weight excluding hydrogens is 2190 g/mol. The monoisotopic (exact) mass is 2330 g/mol. The Balaban J connectivity index is 0.000000207. The number of ketones is 3. The van der Waals surface area contributed by atoms with Crippen LogP contribution in [0.15, 0.2) is 272 Å². The molecule has 3 radical (unpaired) electrons. The number of allylic oxidation sites excluding steroid dienone is 6. The molecule has 14 aromatic rings. The van der Waals surface area contributed by atoms with E-state index in [2.05, 4.69) is 319 Å². The second kappa shape index (κ2) is 49.8. The predicted molar refractivity (Wildman–Crippen MR) is 556 cm³/mol. The molecule has 3 heterocycles. The SMILES string of the molecule is CCC(C)C(=O)C=C(O)C(C)CC.CCC(C)C(=O)C=C(O)C(C)CC.CCC(CC)C(=O)C=C(O)C(CC)CC.Cc1[c-]c(-c2cc(-c3ccc(C)cc3)c3ccccc3n2)cc(C)c1.Cc1[c-]c(-c2cc(-c3cccc(C)c3)c3cc4c(cc3n2)C(C)(C)c2ccccc2-4)cc(C)c1.Cc1cc[c-]c(-c2cc(-c3ccccc3)c3cc4c(cc3n2)C(C)(C)c2ccccc2-4)c1.[Ir].[Ir].[Ir]. The van der Waals surface area contributed by atoms with Crippen LogP contribution in [0.1, 0.15) is 223 Å². The molecule has 2 aliphatic rings. The van der Waals surface area contributed by atoms with Gasteiger partial charge in [0.1, 0.15) is 0 Å². The second-order valence-corrected chi connectivity index (χ2v) is 37.4. The van der Waals surface area contributed by atoms with Crippen molar-refractivity contribution in [3.63, 3.8) is 0 Å². The van der Waals surface area contributed by atoms with Crippen LogP contribution in [0.3, 0.4) is 0 Å². The van der Waals surface area contributed by atoms with Crippen molar-refractivity contribution < 1.29 is 90.0 Å². The van der Waals surface area contributed by atoms with E-state index in [4.69, 9.17) is 15.0 Å². The largest absolute Gasteiger partial charge is 0.512 e.